The molecule has 0 heterocycles. The number of aliphatic hydroxyl groups is 2. The first-order valence-corrected chi connectivity index (χ1v) is 5.17. The molecule has 0 aliphatic rings. The fourth-order valence-corrected chi connectivity index (χ4v) is 1.56. The van der Waals surface area contributed by atoms with Crippen molar-refractivity contribution in [2.75, 3.05) is 20.7 Å². The molecular weight excluding hydrogens is 224 g/mol. The molecule has 0 fully saturated rings. The van der Waals surface area contributed by atoms with E-state index in [0.717, 1.165) is 0 Å². The molecule has 0 saturated carbocycles. The molecule has 0 saturated heterocycles. The molecule has 2 N–H and O–H groups in total. The van der Waals surface area contributed by atoms with Crippen molar-refractivity contribution < 1.29 is 15.1 Å². The summed E-state index contributed by atoms with van der Waals surface area (Å²) in [6, 6.07) is 5.23. The van der Waals surface area contributed by atoms with E-state index >= 15 is 0 Å². The molecule has 0 radical (unpaired) electrons. The fourth-order valence-electron chi connectivity index (χ4n) is 1.56. The molecule has 1 aromatic carbocycles. The van der Waals surface area contributed by atoms with Gasteiger partial charge < -0.3 is 15.1 Å². The molecule has 2 atom stereocenters. The topological polar surface area (TPSA) is 86.8 Å². The van der Waals surface area contributed by atoms with Gasteiger partial charge in [-0.3, -0.25) is 10.1 Å². The second-order valence-corrected chi connectivity index (χ2v) is 4.01. The number of hydrogen-bond acceptors (Lipinski definition) is 5. The second-order valence-electron chi connectivity index (χ2n) is 4.01. The first-order chi connectivity index (χ1) is 7.97. The van der Waals surface area contributed by atoms with Gasteiger partial charge in [-0.1, -0.05) is 0 Å². The number of hydrogen-bond donors (Lipinski definition) is 2. The highest BCUT2D eigenvalue weighted by Crippen LogP contribution is 2.22. The number of rotatable bonds is 5. The Balaban J connectivity index is 2.88. The average molecular weight is 240 g/mol. The van der Waals surface area contributed by atoms with E-state index in [-0.39, 0.29) is 12.3 Å². The SMILES string of the molecule is CN(C)[C@@H](CO)[C@H](O)c1ccc([N+](=O)[O-])cc1. The maximum Gasteiger partial charge on any atom is 0.269 e. The van der Waals surface area contributed by atoms with Gasteiger partial charge in [0.25, 0.3) is 5.69 Å². The van der Waals surface area contributed by atoms with Crippen molar-refractivity contribution in [3.8, 4) is 0 Å². The molecule has 6 heteroatoms. The van der Waals surface area contributed by atoms with Gasteiger partial charge in [-0.2, -0.15) is 0 Å². The molecule has 0 spiro atoms. The maximum absolute atomic E-state index is 10.5. The van der Waals surface area contributed by atoms with Crippen LogP contribution in [0.3, 0.4) is 0 Å². The van der Waals surface area contributed by atoms with Crippen molar-refractivity contribution in [3.63, 3.8) is 0 Å². The third kappa shape index (κ3) is 3.23. The smallest absolute Gasteiger partial charge is 0.269 e. The molecule has 0 aromatic heterocycles. The molecule has 17 heavy (non-hydrogen) atoms. The highest BCUT2D eigenvalue weighted by molar-refractivity contribution is 5.34. The van der Waals surface area contributed by atoms with Crippen LogP contribution in [-0.4, -0.2) is 46.8 Å². The van der Waals surface area contributed by atoms with Crippen LogP contribution in [0.2, 0.25) is 0 Å². The number of likely N-dealkylation sites (N-methyl/N-ethyl adjacent to an activating group) is 1. The molecule has 0 amide bonds. The first kappa shape index (κ1) is 13.6. The van der Waals surface area contributed by atoms with Crippen molar-refractivity contribution in [1.82, 2.24) is 4.90 Å². The maximum atomic E-state index is 10.5. The Morgan fingerprint density at radius 1 is 1.35 bits per heavy atom. The van der Waals surface area contributed by atoms with Gasteiger partial charge in [0, 0.05) is 12.1 Å². The van der Waals surface area contributed by atoms with Crippen LogP contribution < -0.4 is 0 Å². The average Bonchev–Trinajstić information content (AvgIpc) is 2.29. The van der Waals surface area contributed by atoms with Crippen LogP contribution in [0.25, 0.3) is 0 Å². The normalized spacial score (nSPS) is 14.6. The zero-order valence-electron chi connectivity index (χ0n) is 9.78. The van der Waals surface area contributed by atoms with Crippen molar-refractivity contribution in [2.45, 2.75) is 12.1 Å². The van der Waals surface area contributed by atoms with E-state index in [9.17, 15) is 15.2 Å². The van der Waals surface area contributed by atoms with Crippen LogP contribution in [0.5, 0.6) is 0 Å². The number of benzene rings is 1. The van der Waals surface area contributed by atoms with Crippen LogP contribution in [-0.2, 0) is 0 Å². The highest BCUT2D eigenvalue weighted by atomic mass is 16.6. The van der Waals surface area contributed by atoms with Crippen LogP contribution in [0.4, 0.5) is 5.69 Å². The van der Waals surface area contributed by atoms with E-state index in [4.69, 9.17) is 5.11 Å². The summed E-state index contributed by atoms with van der Waals surface area (Å²) < 4.78 is 0. The Bertz CT molecular complexity index is 378. The lowest BCUT2D eigenvalue weighted by molar-refractivity contribution is -0.384. The Morgan fingerprint density at radius 3 is 2.24 bits per heavy atom. The van der Waals surface area contributed by atoms with E-state index < -0.39 is 17.1 Å². The van der Waals surface area contributed by atoms with Gasteiger partial charge >= 0.3 is 0 Å². The zero-order chi connectivity index (χ0) is 13.0. The van der Waals surface area contributed by atoms with Gasteiger partial charge in [0.05, 0.1) is 23.7 Å². The minimum Gasteiger partial charge on any atom is -0.395 e. The van der Waals surface area contributed by atoms with Gasteiger partial charge in [0.1, 0.15) is 0 Å². The minimum atomic E-state index is -0.879. The first-order valence-electron chi connectivity index (χ1n) is 5.17. The third-order valence-electron chi connectivity index (χ3n) is 2.66. The number of nitrogens with zero attached hydrogens (tertiary/aromatic N) is 2. The van der Waals surface area contributed by atoms with E-state index in [2.05, 4.69) is 0 Å². The van der Waals surface area contributed by atoms with Crippen molar-refractivity contribution in [2.24, 2.45) is 0 Å². The van der Waals surface area contributed by atoms with Crippen LogP contribution in [0, 0.1) is 10.1 Å². The molecule has 1 rings (SSSR count). The van der Waals surface area contributed by atoms with E-state index in [1.165, 1.54) is 24.3 Å². The van der Waals surface area contributed by atoms with Gasteiger partial charge in [-0.25, -0.2) is 0 Å². The molecular formula is C11H16N2O4. The number of non-ortho nitro benzene ring substituents is 1. The van der Waals surface area contributed by atoms with Crippen LogP contribution >= 0.6 is 0 Å². The number of aliphatic hydroxyl groups excluding tert-OH is 2. The Kier molecular flexibility index (Phi) is 4.56. The molecule has 0 unspecified atom stereocenters. The summed E-state index contributed by atoms with van der Waals surface area (Å²) >= 11 is 0. The lowest BCUT2D eigenvalue weighted by atomic mass is 10.0. The molecule has 94 valence electrons. The molecule has 0 aliphatic carbocycles. The number of nitro groups is 1. The monoisotopic (exact) mass is 240 g/mol. The van der Waals surface area contributed by atoms with Gasteiger partial charge in [0.15, 0.2) is 0 Å². The fraction of sp³-hybridized carbons (Fsp3) is 0.455. The predicted molar refractivity (Wildman–Crippen MR) is 62.6 cm³/mol. The molecule has 1 aromatic rings. The highest BCUT2D eigenvalue weighted by Gasteiger charge is 2.22. The van der Waals surface area contributed by atoms with Gasteiger partial charge in [-0.05, 0) is 31.8 Å². The summed E-state index contributed by atoms with van der Waals surface area (Å²) in [6.07, 6.45) is -0.879. The van der Waals surface area contributed by atoms with Crippen LogP contribution in [0.1, 0.15) is 11.7 Å². The quantitative estimate of drug-likeness (QED) is 0.579. The number of nitro benzene ring substituents is 1. The summed E-state index contributed by atoms with van der Waals surface area (Å²) in [5.41, 5.74) is 0.523. The zero-order valence-corrected chi connectivity index (χ0v) is 9.78. The summed E-state index contributed by atoms with van der Waals surface area (Å²) in [7, 11) is 3.49. The van der Waals surface area contributed by atoms with Crippen molar-refractivity contribution in [3.05, 3.63) is 39.9 Å². The van der Waals surface area contributed by atoms with E-state index in [1.54, 1.807) is 19.0 Å². The predicted octanol–water partition coefficient (Wildman–Crippen LogP) is 0.551. The summed E-state index contributed by atoms with van der Waals surface area (Å²) in [6.45, 7) is -0.189. The Hall–Kier alpha value is -1.50. The summed E-state index contributed by atoms with van der Waals surface area (Å²) in [5, 5.41) is 29.6. The minimum absolute atomic E-state index is 0.0219. The Morgan fingerprint density at radius 2 is 1.88 bits per heavy atom. The second kappa shape index (κ2) is 5.72. The third-order valence-corrected chi connectivity index (χ3v) is 2.66. The standard InChI is InChI=1S/C11H16N2O4/c1-12(2)10(7-14)11(15)8-3-5-9(6-4-8)13(16)17/h3-6,10-11,14-15H,7H2,1-2H3/t10-,11+/m0/s1. The van der Waals surface area contributed by atoms with E-state index in [0.29, 0.717) is 5.56 Å². The van der Waals surface area contributed by atoms with Gasteiger partial charge in [-0.15, -0.1) is 0 Å². The lowest BCUT2D eigenvalue weighted by Gasteiger charge is -2.27. The lowest BCUT2D eigenvalue weighted by Crippen LogP contribution is -2.37. The molecule has 6 nitrogen and oxygen atoms in total. The largest absolute Gasteiger partial charge is 0.395 e. The van der Waals surface area contributed by atoms with Crippen LogP contribution in [0.15, 0.2) is 24.3 Å². The molecule has 0 bridgehead atoms. The summed E-state index contributed by atoms with van der Waals surface area (Å²) in [4.78, 5) is 11.7. The molecule has 0 aliphatic heterocycles. The van der Waals surface area contributed by atoms with Crippen molar-refractivity contribution >= 4 is 5.69 Å². The summed E-state index contributed by atoms with van der Waals surface area (Å²) in [5.74, 6) is 0. The van der Waals surface area contributed by atoms with E-state index in [1.807, 2.05) is 0 Å². The van der Waals surface area contributed by atoms with Gasteiger partial charge in [0.2, 0.25) is 0 Å². The Labute approximate surface area is 99.3 Å². The van der Waals surface area contributed by atoms with Crippen molar-refractivity contribution in [1.29, 1.82) is 0 Å².